The fraction of sp³-hybridized carbons (Fsp3) is 1.00. The molecule has 1 fully saturated rings. The van der Waals surface area contributed by atoms with Gasteiger partial charge in [0, 0.05) is 24.9 Å². The van der Waals surface area contributed by atoms with Gasteiger partial charge in [0.1, 0.15) is 0 Å². The molecule has 1 N–H and O–H groups in total. The maximum absolute atomic E-state index is 4.97. The van der Waals surface area contributed by atoms with Gasteiger partial charge in [-0.2, -0.15) is 11.8 Å². The van der Waals surface area contributed by atoms with Gasteiger partial charge in [-0.25, -0.2) is 0 Å². The van der Waals surface area contributed by atoms with E-state index >= 15 is 0 Å². The van der Waals surface area contributed by atoms with E-state index in [4.69, 9.17) is 4.74 Å². The molecule has 0 aromatic carbocycles. The Labute approximate surface area is 79.4 Å². The van der Waals surface area contributed by atoms with Crippen molar-refractivity contribution in [3.63, 3.8) is 0 Å². The first-order valence-corrected chi connectivity index (χ1v) is 5.59. The number of thioether (sulfide) groups is 1. The predicted octanol–water partition coefficient (Wildman–Crippen LogP) is 1.51. The van der Waals surface area contributed by atoms with Gasteiger partial charge in [-0.05, 0) is 25.5 Å². The standard InChI is InChI=1S/C9H19NOS/c1-9(4-3-7-12-9)8-10-5-6-11-2/h10H,3-8H2,1-2H3. The summed E-state index contributed by atoms with van der Waals surface area (Å²) in [4.78, 5) is 0. The highest BCUT2D eigenvalue weighted by molar-refractivity contribution is 8.00. The van der Waals surface area contributed by atoms with Crippen LogP contribution in [-0.4, -0.2) is 37.3 Å². The van der Waals surface area contributed by atoms with Gasteiger partial charge in [0.15, 0.2) is 0 Å². The highest BCUT2D eigenvalue weighted by Crippen LogP contribution is 2.36. The first kappa shape index (κ1) is 10.4. The smallest absolute Gasteiger partial charge is 0.0587 e. The lowest BCUT2D eigenvalue weighted by Gasteiger charge is -2.22. The quantitative estimate of drug-likeness (QED) is 0.662. The minimum atomic E-state index is 0.494. The molecule has 0 bridgehead atoms. The number of nitrogens with one attached hydrogen (secondary N) is 1. The summed E-state index contributed by atoms with van der Waals surface area (Å²) < 4.78 is 5.46. The second-order valence-electron chi connectivity index (χ2n) is 3.57. The average Bonchev–Trinajstić information content (AvgIpc) is 2.47. The fourth-order valence-corrected chi connectivity index (χ4v) is 2.78. The summed E-state index contributed by atoms with van der Waals surface area (Å²) in [5, 5.41) is 3.42. The summed E-state index contributed by atoms with van der Waals surface area (Å²) >= 11 is 2.10. The molecule has 0 amide bonds. The van der Waals surface area contributed by atoms with Crippen molar-refractivity contribution in [2.45, 2.75) is 24.5 Å². The molecule has 2 nitrogen and oxygen atoms in total. The highest BCUT2D eigenvalue weighted by atomic mass is 32.2. The average molecular weight is 189 g/mol. The lowest BCUT2D eigenvalue weighted by Crippen LogP contribution is -2.34. The molecule has 1 rings (SSSR count). The van der Waals surface area contributed by atoms with Crippen molar-refractivity contribution in [2.75, 3.05) is 32.6 Å². The Balaban J connectivity index is 2.05. The zero-order chi connectivity index (χ0) is 8.86. The Morgan fingerprint density at radius 2 is 2.42 bits per heavy atom. The van der Waals surface area contributed by atoms with Gasteiger partial charge < -0.3 is 10.1 Å². The maximum Gasteiger partial charge on any atom is 0.0587 e. The largest absolute Gasteiger partial charge is 0.383 e. The number of ether oxygens (including phenoxy) is 1. The summed E-state index contributed by atoms with van der Waals surface area (Å²) in [7, 11) is 1.74. The predicted molar refractivity (Wildman–Crippen MR) is 54.8 cm³/mol. The molecule has 1 saturated heterocycles. The van der Waals surface area contributed by atoms with Crippen LogP contribution in [0.1, 0.15) is 19.8 Å². The molecule has 1 atom stereocenters. The van der Waals surface area contributed by atoms with E-state index in [1.54, 1.807) is 7.11 Å². The van der Waals surface area contributed by atoms with E-state index in [0.717, 1.165) is 19.7 Å². The molecule has 1 aliphatic rings. The Kier molecular flexibility index (Phi) is 4.40. The molecule has 3 heteroatoms. The van der Waals surface area contributed by atoms with Crippen LogP contribution in [0.15, 0.2) is 0 Å². The van der Waals surface area contributed by atoms with Crippen molar-refractivity contribution in [1.82, 2.24) is 5.32 Å². The van der Waals surface area contributed by atoms with Crippen molar-refractivity contribution < 1.29 is 4.74 Å². The monoisotopic (exact) mass is 189 g/mol. The molecule has 1 aliphatic heterocycles. The summed E-state index contributed by atoms with van der Waals surface area (Å²) in [6.45, 7) is 5.28. The lowest BCUT2D eigenvalue weighted by molar-refractivity contribution is 0.198. The third-order valence-corrected chi connectivity index (χ3v) is 3.82. The normalized spacial score (nSPS) is 29.5. The van der Waals surface area contributed by atoms with Crippen LogP contribution in [0.3, 0.4) is 0 Å². The first-order chi connectivity index (χ1) is 5.77. The molecule has 72 valence electrons. The van der Waals surface area contributed by atoms with E-state index in [1.165, 1.54) is 18.6 Å². The van der Waals surface area contributed by atoms with E-state index < -0.39 is 0 Å². The second-order valence-corrected chi connectivity index (χ2v) is 5.25. The van der Waals surface area contributed by atoms with Crippen LogP contribution in [0, 0.1) is 0 Å². The van der Waals surface area contributed by atoms with Crippen LogP contribution < -0.4 is 5.32 Å². The van der Waals surface area contributed by atoms with Gasteiger partial charge in [0.05, 0.1) is 6.61 Å². The van der Waals surface area contributed by atoms with Crippen LogP contribution in [0.5, 0.6) is 0 Å². The minimum Gasteiger partial charge on any atom is -0.383 e. The van der Waals surface area contributed by atoms with E-state index in [9.17, 15) is 0 Å². The lowest BCUT2D eigenvalue weighted by atomic mass is 10.1. The molecule has 0 aromatic rings. The molecule has 0 aliphatic carbocycles. The SMILES string of the molecule is COCCNCC1(C)CCCS1. The van der Waals surface area contributed by atoms with Gasteiger partial charge >= 0.3 is 0 Å². The number of hydrogen-bond donors (Lipinski definition) is 1. The zero-order valence-electron chi connectivity index (χ0n) is 8.06. The fourth-order valence-electron chi connectivity index (χ4n) is 1.50. The van der Waals surface area contributed by atoms with Crippen LogP contribution in [0.4, 0.5) is 0 Å². The third kappa shape index (κ3) is 3.33. The topological polar surface area (TPSA) is 21.3 Å². The van der Waals surface area contributed by atoms with E-state index in [0.29, 0.717) is 4.75 Å². The Morgan fingerprint density at radius 3 is 3.00 bits per heavy atom. The van der Waals surface area contributed by atoms with Gasteiger partial charge in [-0.1, -0.05) is 0 Å². The van der Waals surface area contributed by atoms with Gasteiger partial charge in [-0.15, -0.1) is 0 Å². The molecular formula is C9H19NOS. The van der Waals surface area contributed by atoms with Crippen LogP contribution in [0.25, 0.3) is 0 Å². The van der Waals surface area contributed by atoms with E-state index in [1.807, 2.05) is 0 Å². The van der Waals surface area contributed by atoms with Crippen molar-refractivity contribution in [3.05, 3.63) is 0 Å². The molecule has 0 radical (unpaired) electrons. The van der Waals surface area contributed by atoms with Gasteiger partial charge in [0.2, 0.25) is 0 Å². The number of rotatable bonds is 5. The van der Waals surface area contributed by atoms with Crippen molar-refractivity contribution >= 4 is 11.8 Å². The summed E-state index contributed by atoms with van der Waals surface area (Å²) in [5.74, 6) is 1.34. The van der Waals surface area contributed by atoms with Crippen molar-refractivity contribution in [1.29, 1.82) is 0 Å². The van der Waals surface area contributed by atoms with Crippen molar-refractivity contribution in [3.8, 4) is 0 Å². The number of hydrogen-bond acceptors (Lipinski definition) is 3. The summed E-state index contributed by atoms with van der Waals surface area (Å²) in [6.07, 6.45) is 2.74. The van der Waals surface area contributed by atoms with E-state index in [2.05, 4.69) is 24.0 Å². The molecular weight excluding hydrogens is 170 g/mol. The molecule has 0 saturated carbocycles. The van der Waals surface area contributed by atoms with Gasteiger partial charge in [0.25, 0.3) is 0 Å². The highest BCUT2D eigenvalue weighted by Gasteiger charge is 2.28. The van der Waals surface area contributed by atoms with E-state index in [-0.39, 0.29) is 0 Å². The molecule has 0 spiro atoms. The Bertz CT molecular complexity index is 124. The van der Waals surface area contributed by atoms with Crippen LogP contribution in [0.2, 0.25) is 0 Å². The molecule has 1 heterocycles. The molecule has 0 aromatic heterocycles. The second kappa shape index (κ2) is 5.10. The molecule has 1 unspecified atom stereocenters. The van der Waals surface area contributed by atoms with Crippen LogP contribution >= 0.6 is 11.8 Å². The zero-order valence-corrected chi connectivity index (χ0v) is 8.88. The molecule has 12 heavy (non-hydrogen) atoms. The van der Waals surface area contributed by atoms with Crippen LogP contribution in [-0.2, 0) is 4.74 Å². The summed E-state index contributed by atoms with van der Waals surface area (Å²) in [5.41, 5.74) is 0. The minimum absolute atomic E-state index is 0.494. The third-order valence-electron chi connectivity index (χ3n) is 2.28. The number of methoxy groups -OCH3 is 1. The Hall–Kier alpha value is 0.270. The van der Waals surface area contributed by atoms with Crippen molar-refractivity contribution in [2.24, 2.45) is 0 Å². The maximum atomic E-state index is 4.97. The van der Waals surface area contributed by atoms with Gasteiger partial charge in [-0.3, -0.25) is 0 Å². The Morgan fingerprint density at radius 1 is 1.58 bits per heavy atom. The first-order valence-electron chi connectivity index (χ1n) is 4.60. The summed E-state index contributed by atoms with van der Waals surface area (Å²) in [6, 6.07) is 0.